The highest BCUT2D eigenvalue weighted by Gasteiger charge is 2.34. The lowest BCUT2D eigenvalue weighted by atomic mass is 10.0. The summed E-state index contributed by atoms with van der Waals surface area (Å²) in [6, 6.07) is 5.68. The Balaban J connectivity index is 1.84. The van der Waals surface area contributed by atoms with Crippen molar-refractivity contribution in [3.63, 3.8) is 0 Å². The van der Waals surface area contributed by atoms with E-state index < -0.39 is 0 Å². The summed E-state index contributed by atoms with van der Waals surface area (Å²) in [7, 11) is 3.24. The summed E-state index contributed by atoms with van der Waals surface area (Å²) in [5.74, 6) is 1.43. The number of morpholine rings is 1. The molecule has 0 saturated carbocycles. The fraction of sp³-hybridized carbons (Fsp3) is 0.474. The number of hydrogen-bond donors (Lipinski definition) is 1. The molecule has 0 bridgehead atoms. The molecule has 4 rings (SSSR count). The van der Waals surface area contributed by atoms with Crippen molar-refractivity contribution in [2.75, 3.05) is 27.3 Å². The Morgan fingerprint density at radius 2 is 1.89 bits per heavy atom. The van der Waals surface area contributed by atoms with Crippen LogP contribution in [0.4, 0.5) is 0 Å². The standard InChI is InChI=1S/C19H24N4O4S/c1-11-8-22(9-12(2)27-11)16(13-5-6-14(25-3)15(7-13)26-4)17-18(24)23-19(28-17)20-10-21-23/h5-7,10-12,16,24H,8-9H2,1-4H3/t11-,12-,16+/m0/s1. The lowest BCUT2D eigenvalue weighted by molar-refractivity contribution is -0.0764. The number of rotatable bonds is 5. The largest absolute Gasteiger partial charge is 0.493 e. The summed E-state index contributed by atoms with van der Waals surface area (Å²) in [4.78, 5) is 8.01. The summed E-state index contributed by atoms with van der Waals surface area (Å²) in [5.41, 5.74) is 0.999. The van der Waals surface area contributed by atoms with Crippen LogP contribution in [0.3, 0.4) is 0 Å². The number of aromatic nitrogens is 3. The SMILES string of the molecule is COc1ccc([C@H](c2sc3ncnn3c2O)N2C[C@H](C)O[C@@H](C)C2)cc1OC. The Morgan fingerprint density at radius 1 is 1.18 bits per heavy atom. The predicted molar refractivity (Wildman–Crippen MR) is 105 cm³/mol. The van der Waals surface area contributed by atoms with E-state index in [0.717, 1.165) is 23.5 Å². The minimum Gasteiger partial charge on any atom is -0.493 e. The zero-order valence-electron chi connectivity index (χ0n) is 16.3. The summed E-state index contributed by atoms with van der Waals surface area (Å²) in [5, 5.41) is 15.0. The maximum absolute atomic E-state index is 10.9. The van der Waals surface area contributed by atoms with Crippen molar-refractivity contribution in [1.82, 2.24) is 19.5 Å². The van der Waals surface area contributed by atoms with Crippen LogP contribution in [0.15, 0.2) is 24.5 Å². The molecule has 1 saturated heterocycles. The maximum atomic E-state index is 10.9. The van der Waals surface area contributed by atoms with Crippen LogP contribution in [-0.2, 0) is 4.74 Å². The van der Waals surface area contributed by atoms with E-state index in [1.807, 2.05) is 18.2 Å². The van der Waals surface area contributed by atoms with Gasteiger partial charge >= 0.3 is 0 Å². The average molecular weight is 404 g/mol. The summed E-state index contributed by atoms with van der Waals surface area (Å²) in [6.45, 7) is 5.63. The topological polar surface area (TPSA) is 81.4 Å². The third-order valence-corrected chi connectivity index (χ3v) is 6.01. The smallest absolute Gasteiger partial charge is 0.230 e. The maximum Gasteiger partial charge on any atom is 0.230 e. The summed E-state index contributed by atoms with van der Waals surface area (Å²) in [6.07, 6.45) is 1.63. The van der Waals surface area contributed by atoms with Gasteiger partial charge in [-0.25, -0.2) is 4.98 Å². The van der Waals surface area contributed by atoms with Crippen LogP contribution in [0.1, 0.15) is 30.3 Å². The molecule has 1 N–H and O–H groups in total. The molecule has 0 amide bonds. The van der Waals surface area contributed by atoms with E-state index in [9.17, 15) is 5.11 Å². The molecular weight excluding hydrogens is 380 g/mol. The van der Waals surface area contributed by atoms with Crippen LogP contribution < -0.4 is 9.47 Å². The third-order valence-electron chi connectivity index (χ3n) is 4.92. The number of methoxy groups -OCH3 is 2. The quantitative estimate of drug-likeness (QED) is 0.700. The van der Waals surface area contributed by atoms with Gasteiger partial charge in [-0.15, -0.1) is 0 Å². The molecule has 1 aliphatic rings. The molecule has 3 heterocycles. The molecule has 2 aromatic heterocycles. The van der Waals surface area contributed by atoms with E-state index in [0.29, 0.717) is 16.5 Å². The second-order valence-corrected chi connectivity index (χ2v) is 7.98. The van der Waals surface area contributed by atoms with Crippen LogP contribution in [0, 0.1) is 0 Å². The highest BCUT2D eigenvalue weighted by molar-refractivity contribution is 7.17. The van der Waals surface area contributed by atoms with Crippen molar-refractivity contribution in [1.29, 1.82) is 0 Å². The molecule has 1 fully saturated rings. The van der Waals surface area contributed by atoms with E-state index in [1.165, 1.54) is 22.2 Å². The van der Waals surface area contributed by atoms with Crippen LogP contribution in [-0.4, -0.2) is 64.1 Å². The van der Waals surface area contributed by atoms with Gasteiger partial charge in [-0.05, 0) is 31.5 Å². The fourth-order valence-electron chi connectivity index (χ4n) is 3.85. The summed E-state index contributed by atoms with van der Waals surface area (Å²) < 4.78 is 18.3. The third kappa shape index (κ3) is 3.30. The number of ether oxygens (including phenoxy) is 3. The first-order valence-electron chi connectivity index (χ1n) is 9.14. The van der Waals surface area contributed by atoms with Crippen molar-refractivity contribution < 1.29 is 19.3 Å². The van der Waals surface area contributed by atoms with Crippen molar-refractivity contribution >= 4 is 16.3 Å². The lowest BCUT2D eigenvalue weighted by Crippen LogP contribution is -2.47. The molecule has 1 aromatic carbocycles. The first-order valence-corrected chi connectivity index (χ1v) is 9.96. The van der Waals surface area contributed by atoms with Gasteiger partial charge in [-0.3, -0.25) is 4.90 Å². The number of fused-ring (bicyclic) bond motifs is 1. The molecule has 9 heteroatoms. The van der Waals surface area contributed by atoms with Gasteiger partial charge in [0.15, 0.2) is 11.5 Å². The molecule has 0 spiro atoms. The minimum atomic E-state index is -0.179. The second-order valence-electron chi connectivity index (χ2n) is 6.97. The average Bonchev–Trinajstić information content (AvgIpc) is 3.25. The van der Waals surface area contributed by atoms with Gasteiger partial charge in [0.25, 0.3) is 0 Å². The fourth-order valence-corrected chi connectivity index (χ4v) is 4.94. The molecule has 150 valence electrons. The molecule has 0 radical (unpaired) electrons. The molecule has 1 aliphatic heterocycles. The van der Waals surface area contributed by atoms with Gasteiger partial charge < -0.3 is 19.3 Å². The molecule has 3 atom stereocenters. The first-order chi connectivity index (χ1) is 13.5. The van der Waals surface area contributed by atoms with Crippen LogP contribution in [0.25, 0.3) is 4.96 Å². The highest BCUT2D eigenvalue weighted by atomic mass is 32.1. The van der Waals surface area contributed by atoms with Crippen molar-refractivity contribution in [3.05, 3.63) is 35.0 Å². The zero-order valence-corrected chi connectivity index (χ0v) is 17.1. The van der Waals surface area contributed by atoms with Crippen molar-refractivity contribution in [2.45, 2.75) is 32.1 Å². The van der Waals surface area contributed by atoms with Crippen LogP contribution in [0.5, 0.6) is 17.4 Å². The van der Waals surface area contributed by atoms with Crippen LogP contribution >= 0.6 is 11.3 Å². The van der Waals surface area contributed by atoms with E-state index in [4.69, 9.17) is 14.2 Å². The normalized spacial score (nSPS) is 21.7. The van der Waals surface area contributed by atoms with Gasteiger partial charge in [0.2, 0.25) is 10.8 Å². The predicted octanol–water partition coefficient (Wildman–Crippen LogP) is 2.71. The summed E-state index contributed by atoms with van der Waals surface area (Å²) >= 11 is 1.44. The molecule has 28 heavy (non-hydrogen) atoms. The van der Waals surface area contributed by atoms with Gasteiger partial charge in [0.1, 0.15) is 6.33 Å². The molecule has 0 aliphatic carbocycles. The molecular formula is C19H24N4O4S. The number of nitrogens with zero attached hydrogens (tertiary/aromatic N) is 4. The molecule has 0 unspecified atom stereocenters. The van der Waals surface area contributed by atoms with Gasteiger partial charge in [-0.2, -0.15) is 9.61 Å². The number of benzene rings is 1. The van der Waals surface area contributed by atoms with E-state index in [-0.39, 0.29) is 24.1 Å². The number of hydrogen-bond acceptors (Lipinski definition) is 8. The lowest BCUT2D eigenvalue weighted by Gasteiger charge is -2.40. The minimum absolute atomic E-state index is 0.0932. The Labute approximate surface area is 167 Å². The number of aromatic hydroxyl groups is 1. The van der Waals surface area contributed by atoms with Crippen molar-refractivity contribution in [3.8, 4) is 17.4 Å². The Morgan fingerprint density at radius 3 is 2.54 bits per heavy atom. The highest BCUT2D eigenvalue weighted by Crippen LogP contribution is 2.42. The Bertz CT molecular complexity index is 962. The van der Waals surface area contributed by atoms with Gasteiger partial charge in [-0.1, -0.05) is 17.4 Å². The van der Waals surface area contributed by atoms with E-state index in [2.05, 4.69) is 28.8 Å². The van der Waals surface area contributed by atoms with Gasteiger partial charge in [0, 0.05) is 13.1 Å². The van der Waals surface area contributed by atoms with Crippen molar-refractivity contribution in [2.24, 2.45) is 0 Å². The Hall–Kier alpha value is -2.36. The monoisotopic (exact) mass is 404 g/mol. The molecule has 3 aromatic rings. The van der Waals surface area contributed by atoms with Gasteiger partial charge in [0.05, 0.1) is 37.3 Å². The van der Waals surface area contributed by atoms with E-state index in [1.54, 1.807) is 14.2 Å². The zero-order chi connectivity index (χ0) is 19.8. The molecule has 8 nitrogen and oxygen atoms in total. The van der Waals surface area contributed by atoms with Crippen LogP contribution in [0.2, 0.25) is 0 Å². The Kier molecular flexibility index (Phi) is 5.13. The van der Waals surface area contributed by atoms with E-state index >= 15 is 0 Å². The second kappa shape index (κ2) is 7.57. The first kappa shape index (κ1) is 19.0. The number of thiazole rings is 1.